The van der Waals surface area contributed by atoms with Crippen molar-refractivity contribution >= 4 is 46.2 Å². The van der Waals surface area contributed by atoms with Crippen LogP contribution in [0.15, 0.2) is 47.3 Å². The fourth-order valence-electron chi connectivity index (χ4n) is 2.22. The number of nitrogens with one attached hydrogen (secondary N) is 3. The average molecular weight is 391 g/mol. The highest BCUT2D eigenvalue weighted by atomic mass is 35.5. The molecule has 9 heteroatoms. The topological polar surface area (TPSA) is 104 Å². The number of urea groups is 1. The smallest absolute Gasteiger partial charge is 0.322 e. The Labute approximate surface area is 157 Å². The first-order valence-corrected chi connectivity index (χ1v) is 8.22. The van der Waals surface area contributed by atoms with Crippen LogP contribution in [0.5, 0.6) is 0 Å². The third kappa shape index (κ3) is 4.01. The van der Waals surface area contributed by atoms with E-state index in [9.17, 15) is 14.4 Å². The van der Waals surface area contributed by atoms with Crippen molar-refractivity contribution in [3.05, 3.63) is 74.1 Å². The van der Waals surface area contributed by atoms with Crippen LogP contribution in [0, 0.1) is 0 Å². The number of amides is 3. The number of carbonyl (C=O) groups is 2. The summed E-state index contributed by atoms with van der Waals surface area (Å²) >= 11 is 11.8. The van der Waals surface area contributed by atoms with Gasteiger partial charge in [0.1, 0.15) is 0 Å². The number of benzene rings is 2. The SMILES string of the molecule is O=C(NCc1ccccc1)NC(=O)c1nc2cc(Cl)c(Cl)cc2[nH]c1=O. The lowest BCUT2D eigenvalue weighted by Crippen LogP contribution is -2.41. The number of halogens is 2. The van der Waals surface area contributed by atoms with Crippen LogP contribution in [0.4, 0.5) is 4.79 Å². The lowest BCUT2D eigenvalue weighted by molar-refractivity contribution is 0.0957. The fraction of sp³-hybridized carbons (Fsp3) is 0.0588. The summed E-state index contributed by atoms with van der Waals surface area (Å²) in [7, 11) is 0. The molecule has 7 nitrogen and oxygen atoms in total. The van der Waals surface area contributed by atoms with Gasteiger partial charge in [-0.05, 0) is 17.7 Å². The molecule has 0 fully saturated rings. The Morgan fingerprint density at radius 3 is 2.50 bits per heavy atom. The van der Waals surface area contributed by atoms with Crippen LogP contribution in [-0.4, -0.2) is 21.9 Å². The zero-order valence-electron chi connectivity index (χ0n) is 13.2. The maximum atomic E-state index is 12.2. The third-order valence-electron chi connectivity index (χ3n) is 3.47. The van der Waals surface area contributed by atoms with Crippen LogP contribution in [0.3, 0.4) is 0 Å². The number of hydrogen-bond donors (Lipinski definition) is 3. The Morgan fingerprint density at radius 2 is 1.77 bits per heavy atom. The Bertz CT molecular complexity index is 1050. The van der Waals surface area contributed by atoms with E-state index in [0.29, 0.717) is 5.52 Å². The molecule has 3 N–H and O–H groups in total. The average Bonchev–Trinajstić information content (AvgIpc) is 2.62. The van der Waals surface area contributed by atoms with Crippen molar-refractivity contribution in [2.45, 2.75) is 6.54 Å². The first kappa shape index (κ1) is 17.9. The Hall–Kier alpha value is -2.90. The van der Waals surface area contributed by atoms with E-state index in [1.807, 2.05) is 30.3 Å². The maximum Gasteiger partial charge on any atom is 0.322 e. The monoisotopic (exact) mass is 390 g/mol. The standard InChI is InChI=1S/C17H12Cl2N4O3/c18-10-6-12-13(7-11(10)19)22-15(24)14(21-12)16(25)23-17(26)20-8-9-4-2-1-3-5-9/h1-7H,8H2,(H,22,24)(H2,20,23,25,26). The predicted molar refractivity (Wildman–Crippen MR) is 98.5 cm³/mol. The van der Waals surface area contributed by atoms with Crippen molar-refractivity contribution in [3.8, 4) is 0 Å². The van der Waals surface area contributed by atoms with Crippen LogP contribution in [0.1, 0.15) is 16.1 Å². The van der Waals surface area contributed by atoms with Crippen LogP contribution < -0.4 is 16.2 Å². The number of H-pyrrole nitrogens is 1. The van der Waals surface area contributed by atoms with Gasteiger partial charge in [0, 0.05) is 6.54 Å². The lowest BCUT2D eigenvalue weighted by Gasteiger charge is -2.07. The fourth-order valence-corrected chi connectivity index (χ4v) is 2.54. The van der Waals surface area contributed by atoms with Crippen LogP contribution in [0.25, 0.3) is 11.0 Å². The molecule has 0 saturated heterocycles. The van der Waals surface area contributed by atoms with Crippen molar-refractivity contribution in [3.63, 3.8) is 0 Å². The largest absolute Gasteiger partial charge is 0.334 e. The minimum absolute atomic E-state index is 0.227. The molecule has 26 heavy (non-hydrogen) atoms. The molecule has 3 rings (SSSR count). The molecule has 0 unspecified atom stereocenters. The molecule has 3 amide bonds. The highest BCUT2D eigenvalue weighted by Gasteiger charge is 2.17. The molecule has 0 saturated carbocycles. The summed E-state index contributed by atoms with van der Waals surface area (Å²) < 4.78 is 0. The van der Waals surface area contributed by atoms with Gasteiger partial charge in [0.2, 0.25) is 0 Å². The van der Waals surface area contributed by atoms with Crippen LogP contribution >= 0.6 is 23.2 Å². The molecule has 3 aromatic rings. The molecule has 1 aromatic heterocycles. The predicted octanol–water partition coefficient (Wildman–Crippen LogP) is 2.87. The first-order valence-electron chi connectivity index (χ1n) is 7.46. The molecule has 0 aliphatic heterocycles. The number of fused-ring (bicyclic) bond motifs is 1. The third-order valence-corrected chi connectivity index (χ3v) is 4.19. The molecule has 132 valence electrons. The lowest BCUT2D eigenvalue weighted by atomic mass is 10.2. The summed E-state index contributed by atoms with van der Waals surface area (Å²) in [6.45, 7) is 0.232. The van der Waals surface area contributed by atoms with E-state index in [0.717, 1.165) is 5.56 Å². The van der Waals surface area contributed by atoms with Gasteiger partial charge in [-0.2, -0.15) is 0 Å². The van der Waals surface area contributed by atoms with Gasteiger partial charge in [0.05, 0.1) is 21.1 Å². The van der Waals surface area contributed by atoms with E-state index in [1.165, 1.54) is 12.1 Å². The van der Waals surface area contributed by atoms with E-state index in [2.05, 4.69) is 20.6 Å². The molecule has 0 spiro atoms. The molecule has 0 radical (unpaired) electrons. The van der Waals surface area contributed by atoms with Crippen molar-refractivity contribution in [2.75, 3.05) is 0 Å². The van der Waals surface area contributed by atoms with Gasteiger partial charge in [0.15, 0.2) is 5.69 Å². The van der Waals surface area contributed by atoms with E-state index in [-0.39, 0.29) is 22.1 Å². The van der Waals surface area contributed by atoms with Gasteiger partial charge >= 0.3 is 6.03 Å². The van der Waals surface area contributed by atoms with E-state index in [4.69, 9.17) is 23.2 Å². The Morgan fingerprint density at radius 1 is 1.08 bits per heavy atom. The normalized spacial score (nSPS) is 10.5. The number of aromatic nitrogens is 2. The zero-order chi connectivity index (χ0) is 18.7. The summed E-state index contributed by atoms with van der Waals surface area (Å²) in [6.07, 6.45) is 0. The van der Waals surface area contributed by atoms with E-state index >= 15 is 0 Å². The van der Waals surface area contributed by atoms with Crippen molar-refractivity contribution in [1.29, 1.82) is 0 Å². The number of nitrogens with zero attached hydrogens (tertiary/aromatic N) is 1. The van der Waals surface area contributed by atoms with Crippen molar-refractivity contribution < 1.29 is 9.59 Å². The number of hydrogen-bond acceptors (Lipinski definition) is 4. The van der Waals surface area contributed by atoms with E-state index in [1.54, 1.807) is 0 Å². The number of aromatic amines is 1. The molecule has 2 aromatic carbocycles. The molecule has 1 heterocycles. The quantitative estimate of drug-likeness (QED) is 0.639. The molecular formula is C17H12Cl2N4O3. The number of carbonyl (C=O) groups excluding carboxylic acids is 2. The van der Waals surface area contributed by atoms with Crippen LogP contribution in [-0.2, 0) is 6.54 Å². The first-order chi connectivity index (χ1) is 12.4. The highest BCUT2D eigenvalue weighted by molar-refractivity contribution is 6.42. The maximum absolute atomic E-state index is 12.2. The Balaban J connectivity index is 1.74. The second-order valence-corrected chi connectivity index (χ2v) is 6.13. The van der Waals surface area contributed by atoms with Gasteiger partial charge in [-0.25, -0.2) is 9.78 Å². The second kappa shape index (κ2) is 7.55. The number of imide groups is 1. The van der Waals surface area contributed by atoms with Gasteiger partial charge in [0.25, 0.3) is 11.5 Å². The van der Waals surface area contributed by atoms with Crippen molar-refractivity contribution in [2.24, 2.45) is 0 Å². The molecule has 0 aliphatic rings. The van der Waals surface area contributed by atoms with Gasteiger partial charge in [-0.3, -0.25) is 14.9 Å². The second-order valence-electron chi connectivity index (χ2n) is 5.32. The highest BCUT2D eigenvalue weighted by Crippen LogP contribution is 2.25. The summed E-state index contributed by atoms with van der Waals surface area (Å²) in [5.74, 6) is -0.926. The summed E-state index contributed by atoms with van der Waals surface area (Å²) in [6, 6.07) is 11.3. The number of rotatable bonds is 3. The molecule has 0 aliphatic carbocycles. The van der Waals surface area contributed by atoms with Gasteiger partial charge in [-0.1, -0.05) is 53.5 Å². The summed E-state index contributed by atoms with van der Waals surface area (Å²) in [4.78, 5) is 42.5. The minimum Gasteiger partial charge on any atom is -0.334 e. The molecule has 0 atom stereocenters. The summed E-state index contributed by atoms with van der Waals surface area (Å²) in [5, 5.41) is 5.06. The van der Waals surface area contributed by atoms with E-state index < -0.39 is 23.2 Å². The van der Waals surface area contributed by atoms with Crippen LogP contribution in [0.2, 0.25) is 10.0 Å². The van der Waals surface area contributed by atoms with Gasteiger partial charge < -0.3 is 10.3 Å². The summed E-state index contributed by atoms with van der Waals surface area (Å²) in [5.41, 5.74) is 0.265. The zero-order valence-corrected chi connectivity index (χ0v) is 14.7. The molecule has 0 bridgehead atoms. The minimum atomic E-state index is -0.926. The van der Waals surface area contributed by atoms with Gasteiger partial charge in [-0.15, -0.1) is 0 Å². The molecular weight excluding hydrogens is 379 g/mol. The van der Waals surface area contributed by atoms with Crippen molar-refractivity contribution in [1.82, 2.24) is 20.6 Å². The Kier molecular flexibility index (Phi) is 5.20.